The van der Waals surface area contributed by atoms with E-state index < -0.39 is 0 Å². The summed E-state index contributed by atoms with van der Waals surface area (Å²) in [4.78, 5) is 4.49. The van der Waals surface area contributed by atoms with Crippen molar-refractivity contribution in [3.8, 4) is 5.75 Å². The Labute approximate surface area is 131 Å². The highest BCUT2D eigenvalue weighted by atomic mass is 32.1. The fourth-order valence-corrected chi connectivity index (χ4v) is 2.51. The number of thiocarbonyl (C=S) groups is 1. The van der Waals surface area contributed by atoms with E-state index in [1.807, 2.05) is 18.2 Å². The van der Waals surface area contributed by atoms with Crippen LogP contribution in [0.25, 0.3) is 0 Å². The second-order valence-electron chi connectivity index (χ2n) is 5.34. The molecule has 0 bridgehead atoms. The standard InChI is InChI=1S/C17H20N2OS/c1-11(2)15-7-6-14(9-12(15)3)20-10-13-5-4-8-19-16(13)17(18)21/h4-9,11H,10H2,1-3H3,(H2,18,21). The summed E-state index contributed by atoms with van der Waals surface area (Å²) >= 11 is 5.01. The van der Waals surface area contributed by atoms with E-state index in [2.05, 4.69) is 37.9 Å². The first-order valence-electron chi connectivity index (χ1n) is 6.96. The van der Waals surface area contributed by atoms with Crippen LogP contribution in [-0.4, -0.2) is 9.97 Å². The number of aromatic nitrogens is 1. The van der Waals surface area contributed by atoms with Crippen molar-refractivity contribution in [1.82, 2.24) is 4.98 Å². The number of nitrogens with zero attached hydrogens (tertiary/aromatic N) is 1. The van der Waals surface area contributed by atoms with Crippen molar-refractivity contribution in [2.45, 2.75) is 33.3 Å². The van der Waals surface area contributed by atoms with Crippen LogP contribution in [0.4, 0.5) is 0 Å². The number of nitrogens with two attached hydrogens (primary N) is 1. The molecule has 0 aliphatic rings. The van der Waals surface area contributed by atoms with Crippen LogP contribution in [0.1, 0.15) is 42.1 Å². The van der Waals surface area contributed by atoms with Gasteiger partial charge in [0.2, 0.25) is 0 Å². The molecule has 0 spiro atoms. The van der Waals surface area contributed by atoms with E-state index in [1.165, 1.54) is 11.1 Å². The summed E-state index contributed by atoms with van der Waals surface area (Å²) in [6.07, 6.45) is 1.68. The maximum atomic E-state index is 5.84. The minimum Gasteiger partial charge on any atom is -0.489 e. The number of hydrogen-bond donors (Lipinski definition) is 1. The average molecular weight is 300 g/mol. The molecular weight excluding hydrogens is 280 g/mol. The Kier molecular flexibility index (Phi) is 4.91. The van der Waals surface area contributed by atoms with Crippen molar-refractivity contribution in [3.05, 3.63) is 58.9 Å². The minimum atomic E-state index is 0.292. The molecule has 0 saturated heterocycles. The number of hydrogen-bond acceptors (Lipinski definition) is 3. The molecule has 0 fully saturated rings. The number of benzene rings is 1. The van der Waals surface area contributed by atoms with E-state index in [9.17, 15) is 0 Å². The summed E-state index contributed by atoms with van der Waals surface area (Å²) in [6, 6.07) is 9.96. The van der Waals surface area contributed by atoms with Gasteiger partial charge >= 0.3 is 0 Å². The van der Waals surface area contributed by atoms with E-state index in [4.69, 9.17) is 22.7 Å². The third-order valence-corrected chi connectivity index (χ3v) is 3.58. The van der Waals surface area contributed by atoms with Crippen LogP contribution >= 0.6 is 12.2 Å². The Hall–Kier alpha value is -1.94. The van der Waals surface area contributed by atoms with E-state index in [-0.39, 0.29) is 0 Å². The highest BCUT2D eigenvalue weighted by Gasteiger charge is 2.08. The van der Waals surface area contributed by atoms with Crippen molar-refractivity contribution in [3.63, 3.8) is 0 Å². The largest absolute Gasteiger partial charge is 0.489 e. The van der Waals surface area contributed by atoms with Gasteiger partial charge in [0, 0.05) is 11.8 Å². The quantitative estimate of drug-likeness (QED) is 0.855. The fraction of sp³-hybridized carbons (Fsp3) is 0.294. The maximum Gasteiger partial charge on any atom is 0.123 e. The van der Waals surface area contributed by atoms with Crippen LogP contribution in [0.2, 0.25) is 0 Å². The molecule has 1 heterocycles. The highest BCUT2D eigenvalue weighted by molar-refractivity contribution is 7.80. The third-order valence-electron chi connectivity index (χ3n) is 3.38. The predicted molar refractivity (Wildman–Crippen MR) is 89.7 cm³/mol. The zero-order valence-corrected chi connectivity index (χ0v) is 13.4. The summed E-state index contributed by atoms with van der Waals surface area (Å²) < 4.78 is 5.84. The lowest BCUT2D eigenvalue weighted by Crippen LogP contribution is -2.15. The summed E-state index contributed by atoms with van der Waals surface area (Å²) in [5.74, 6) is 1.35. The molecule has 0 saturated carbocycles. The molecule has 1 aromatic heterocycles. The molecule has 4 heteroatoms. The zero-order valence-electron chi connectivity index (χ0n) is 12.6. The number of ether oxygens (including phenoxy) is 1. The van der Waals surface area contributed by atoms with Gasteiger partial charge in [-0.1, -0.05) is 38.2 Å². The topological polar surface area (TPSA) is 48.1 Å². The molecule has 0 unspecified atom stereocenters. The molecule has 2 aromatic rings. The molecule has 2 N–H and O–H groups in total. The third kappa shape index (κ3) is 3.79. The van der Waals surface area contributed by atoms with Gasteiger partial charge in [-0.05, 0) is 42.2 Å². The van der Waals surface area contributed by atoms with Gasteiger partial charge < -0.3 is 10.5 Å². The van der Waals surface area contributed by atoms with Gasteiger partial charge in [-0.3, -0.25) is 4.98 Å². The summed E-state index contributed by atoms with van der Waals surface area (Å²) in [5, 5.41) is 0. The van der Waals surface area contributed by atoms with Crippen LogP contribution in [0.5, 0.6) is 5.75 Å². The predicted octanol–water partition coefficient (Wildman–Crippen LogP) is 3.73. The smallest absolute Gasteiger partial charge is 0.123 e. The lowest BCUT2D eigenvalue weighted by molar-refractivity contribution is 0.305. The van der Waals surface area contributed by atoms with E-state index in [0.29, 0.717) is 23.2 Å². The van der Waals surface area contributed by atoms with Gasteiger partial charge in [-0.15, -0.1) is 0 Å². The van der Waals surface area contributed by atoms with Crippen molar-refractivity contribution in [2.75, 3.05) is 0 Å². The van der Waals surface area contributed by atoms with Crippen molar-refractivity contribution < 1.29 is 4.74 Å². The van der Waals surface area contributed by atoms with Crippen molar-refractivity contribution >= 4 is 17.2 Å². The van der Waals surface area contributed by atoms with Crippen LogP contribution < -0.4 is 10.5 Å². The average Bonchev–Trinajstić information content (AvgIpc) is 2.45. The van der Waals surface area contributed by atoms with Gasteiger partial charge in [0.25, 0.3) is 0 Å². The highest BCUT2D eigenvalue weighted by Crippen LogP contribution is 2.24. The molecule has 21 heavy (non-hydrogen) atoms. The summed E-state index contributed by atoms with van der Waals surface area (Å²) in [6.45, 7) is 6.88. The van der Waals surface area contributed by atoms with Gasteiger partial charge in [-0.2, -0.15) is 0 Å². The van der Waals surface area contributed by atoms with E-state index in [1.54, 1.807) is 6.20 Å². The summed E-state index contributed by atoms with van der Waals surface area (Å²) in [7, 11) is 0. The van der Waals surface area contributed by atoms with Crippen LogP contribution in [0.3, 0.4) is 0 Å². The SMILES string of the molecule is Cc1cc(OCc2cccnc2C(N)=S)ccc1C(C)C. The second kappa shape index (κ2) is 6.68. The van der Waals surface area contributed by atoms with Crippen molar-refractivity contribution in [1.29, 1.82) is 0 Å². The first-order valence-corrected chi connectivity index (χ1v) is 7.37. The Balaban J connectivity index is 2.14. The minimum absolute atomic E-state index is 0.292. The van der Waals surface area contributed by atoms with E-state index >= 15 is 0 Å². The molecule has 0 amide bonds. The normalized spacial score (nSPS) is 10.7. The Morgan fingerprint density at radius 3 is 2.71 bits per heavy atom. The number of aryl methyl sites for hydroxylation is 1. The fourth-order valence-electron chi connectivity index (χ4n) is 2.32. The zero-order chi connectivity index (χ0) is 15.4. The Morgan fingerprint density at radius 2 is 2.10 bits per heavy atom. The van der Waals surface area contributed by atoms with Gasteiger partial charge in [0.1, 0.15) is 23.0 Å². The molecule has 0 aliphatic carbocycles. The molecule has 0 aliphatic heterocycles. The molecule has 2 rings (SSSR count). The Morgan fingerprint density at radius 1 is 1.33 bits per heavy atom. The first kappa shape index (κ1) is 15.4. The molecule has 110 valence electrons. The number of pyridine rings is 1. The Bertz CT molecular complexity index is 653. The second-order valence-corrected chi connectivity index (χ2v) is 5.78. The van der Waals surface area contributed by atoms with E-state index in [0.717, 1.165) is 11.3 Å². The van der Waals surface area contributed by atoms with Crippen LogP contribution in [-0.2, 0) is 6.61 Å². The molecule has 0 radical (unpaired) electrons. The maximum absolute atomic E-state index is 5.84. The van der Waals surface area contributed by atoms with Gasteiger partial charge in [0.05, 0.1) is 0 Å². The van der Waals surface area contributed by atoms with Crippen molar-refractivity contribution in [2.24, 2.45) is 5.73 Å². The summed E-state index contributed by atoms with van der Waals surface area (Å²) in [5.41, 5.74) is 9.78. The van der Waals surface area contributed by atoms with Gasteiger partial charge in [0.15, 0.2) is 0 Å². The number of rotatable bonds is 5. The molecule has 0 atom stereocenters. The monoisotopic (exact) mass is 300 g/mol. The molecule has 1 aromatic carbocycles. The lowest BCUT2D eigenvalue weighted by atomic mass is 9.98. The van der Waals surface area contributed by atoms with Crippen LogP contribution in [0.15, 0.2) is 36.5 Å². The first-order chi connectivity index (χ1) is 9.99. The lowest BCUT2D eigenvalue weighted by Gasteiger charge is -2.13. The van der Waals surface area contributed by atoms with Crippen LogP contribution in [0, 0.1) is 6.92 Å². The molecular formula is C17H20N2OS. The molecule has 3 nitrogen and oxygen atoms in total. The van der Waals surface area contributed by atoms with Gasteiger partial charge in [-0.25, -0.2) is 0 Å².